The van der Waals surface area contributed by atoms with Crippen molar-refractivity contribution in [1.29, 1.82) is 0 Å². The zero-order valence-corrected chi connectivity index (χ0v) is 12.5. The number of ether oxygens (including phenoxy) is 1. The van der Waals surface area contributed by atoms with E-state index in [-0.39, 0.29) is 6.10 Å². The van der Waals surface area contributed by atoms with Crippen LogP contribution < -0.4 is 5.32 Å². The number of nitrogens with zero attached hydrogens (tertiary/aromatic N) is 2. The summed E-state index contributed by atoms with van der Waals surface area (Å²) in [4.78, 5) is 8.50. The van der Waals surface area contributed by atoms with Gasteiger partial charge in [-0.2, -0.15) is 0 Å². The standard InChI is InChI=1S/C17H21N3O2/c21-15-8-14(9-15)16-10-17(20-12-19-16)18-6-7-22-11-13-4-2-1-3-5-13/h1-5,10,12,14-15,21H,6-9,11H2,(H,18,19,20). The molecule has 0 unspecified atom stereocenters. The largest absolute Gasteiger partial charge is 0.393 e. The van der Waals surface area contributed by atoms with Gasteiger partial charge in [-0.05, 0) is 18.4 Å². The molecule has 0 radical (unpaired) electrons. The maximum Gasteiger partial charge on any atom is 0.129 e. The van der Waals surface area contributed by atoms with E-state index in [2.05, 4.69) is 27.4 Å². The van der Waals surface area contributed by atoms with Gasteiger partial charge in [-0.3, -0.25) is 0 Å². The molecular formula is C17H21N3O2. The third kappa shape index (κ3) is 4.02. The highest BCUT2D eigenvalue weighted by Crippen LogP contribution is 2.35. The van der Waals surface area contributed by atoms with Gasteiger partial charge in [0.15, 0.2) is 0 Å². The van der Waals surface area contributed by atoms with Crippen LogP contribution >= 0.6 is 0 Å². The predicted octanol–water partition coefficient (Wildman–Crippen LogP) is 2.34. The Labute approximate surface area is 130 Å². The Hall–Kier alpha value is -1.98. The second-order valence-electron chi connectivity index (χ2n) is 5.62. The Morgan fingerprint density at radius 2 is 2.00 bits per heavy atom. The summed E-state index contributed by atoms with van der Waals surface area (Å²) in [7, 11) is 0. The van der Waals surface area contributed by atoms with Crippen LogP contribution in [0.4, 0.5) is 5.82 Å². The van der Waals surface area contributed by atoms with Crippen molar-refractivity contribution in [2.45, 2.75) is 31.5 Å². The number of benzene rings is 1. The first-order valence-corrected chi connectivity index (χ1v) is 7.67. The van der Waals surface area contributed by atoms with Crippen LogP contribution in [0.3, 0.4) is 0 Å². The van der Waals surface area contributed by atoms with Crippen LogP contribution in [0, 0.1) is 0 Å². The minimum Gasteiger partial charge on any atom is -0.393 e. The number of aliphatic hydroxyl groups excluding tert-OH is 1. The average molecular weight is 299 g/mol. The summed E-state index contributed by atoms with van der Waals surface area (Å²) >= 11 is 0. The molecule has 1 fully saturated rings. The second kappa shape index (κ2) is 7.33. The van der Waals surface area contributed by atoms with Crippen molar-refractivity contribution >= 4 is 5.82 Å². The molecule has 0 spiro atoms. The van der Waals surface area contributed by atoms with E-state index in [9.17, 15) is 5.11 Å². The van der Waals surface area contributed by atoms with Crippen molar-refractivity contribution in [1.82, 2.24) is 9.97 Å². The van der Waals surface area contributed by atoms with E-state index < -0.39 is 0 Å². The average Bonchev–Trinajstić information content (AvgIpc) is 2.53. The smallest absolute Gasteiger partial charge is 0.129 e. The Morgan fingerprint density at radius 1 is 1.18 bits per heavy atom. The van der Waals surface area contributed by atoms with Crippen molar-refractivity contribution in [3.05, 3.63) is 54.0 Å². The molecule has 0 saturated heterocycles. The molecule has 0 atom stereocenters. The number of anilines is 1. The van der Waals surface area contributed by atoms with Crippen molar-refractivity contribution in [3.63, 3.8) is 0 Å². The van der Waals surface area contributed by atoms with Gasteiger partial charge in [0.05, 0.1) is 19.3 Å². The van der Waals surface area contributed by atoms with E-state index in [0.29, 0.717) is 25.7 Å². The topological polar surface area (TPSA) is 67.3 Å². The van der Waals surface area contributed by atoms with Gasteiger partial charge in [0.2, 0.25) is 0 Å². The Bertz CT molecular complexity index is 585. The molecule has 1 aromatic carbocycles. The monoisotopic (exact) mass is 299 g/mol. The number of rotatable bonds is 7. The number of aliphatic hydroxyl groups is 1. The summed E-state index contributed by atoms with van der Waals surface area (Å²) in [5.74, 6) is 1.18. The van der Waals surface area contributed by atoms with Crippen LogP contribution in [0.25, 0.3) is 0 Å². The van der Waals surface area contributed by atoms with E-state index in [1.165, 1.54) is 5.56 Å². The van der Waals surface area contributed by atoms with Crippen molar-refractivity contribution in [2.75, 3.05) is 18.5 Å². The zero-order valence-electron chi connectivity index (χ0n) is 12.5. The number of aromatic nitrogens is 2. The molecule has 22 heavy (non-hydrogen) atoms. The SMILES string of the molecule is OC1CC(c2cc(NCCOCc3ccccc3)ncn2)C1. The van der Waals surface area contributed by atoms with Crippen LogP contribution in [0.15, 0.2) is 42.7 Å². The predicted molar refractivity (Wildman–Crippen MR) is 84.6 cm³/mol. The molecule has 1 saturated carbocycles. The normalized spacial score (nSPS) is 20.4. The lowest BCUT2D eigenvalue weighted by atomic mass is 9.80. The molecule has 0 amide bonds. The lowest BCUT2D eigenvalue weighted by molar-refractivity contribution is 0.0732. The first-order valence-electron chi connectivity index (χ1n) is 7.67. The summed E-state index contributed by atoms with van der Waals surface area (Å²) in [6, 6.07) is 12.1. The van der Waals surface area contributed by atoms with E-state index >= 15 is 0 Å². The lowest BCUT2D eigenvalue weighted by Crippen LogP contribution is -2.27. The number of hydrogen-bond acceptors (Lipinski definition) is 5. The van der Waals surface area contributed by atoms with Crippen molar-refractivity contribution in [3.8, 4) is 0 Å². The molecule has 3 rings (SSSR count). The quantitative estimate of drug-likeness (QED) is 0.768. The first-order chi connectivity index (χ1) is 10.8. The summed E-state index contributed by atoms with van der Waals surface area (Å²) in [5, 5.41) is 12.6. The zero-order chi connectivity index (χ0) is 15.2. The molecule has 5 nitrogen and oxygen atoms in total. The molecular weight excluding hydrogens is 278 g/mol. The maximum atomic E-state index is 9.37. The van der Waals surface area contributed by atoms with E-state index in [1.807, 2.05) is 24.3 Å². The fourth-order valence-electron chi connectivity index (χ4n) is 2.54. The highest BCUT2D eigenvalue weighted by molar-refractivity contribution is 5.36. The third-order valence-corrected chi connectivity index (χ3v) is 3.88. The summed E-state index contributed by atoms with van der Waals surface area (Å²) in [6.07, 6.45) is 3.02. The van der Waals surface area contributed by atoms with Crippen LogP contribution in [0.2, 0.25) is 0 Å². The molecule has 5 heteroatoms. The highest BCUT2D eigenvalue weighted by Gasteiger charge is 2.29. The molecule has 1 heterocycles. The van der Waals surface area contributed by atoms with Gasteiger partial charge in [0, 0.05) is 24.2 Å². The molecule has 116 valence electrons. The molecule has 1 aromatic heterocycles. The fourth-order valence-corrected chi connectivity index (χ4v) is 2.54. The van der Waals surface area contributed by atoms with E-state index in [1.54, 1.807) is 6.33 Å². The lowest BCUT2D eigenvalue weighted by Gasteiger charge is -2.30. The van der Waals surface area contributed by atoms with Crippen LogP contribution in [0.1, 0.15) is 30.0 Å². The summed E-state index contributed by atoms with van der Waals surface area (Å²) in [6.45, 7) is 1.95. The first kappa shape index (κ1) is 14.9. The van der Waals surface area contributed by atoms with Crippen molar-refractivity contribution in [2.24, 2.45) is 0 Å². The van der Waals surface area contributed by atoms with E-state index in [4.69, 9.17) is 4.74 Å². The minimum atomic E-state index is -0.164. The van der Waals surface area contributed by atoms with Gasteiger partial charge in [-0.15, -0.1) is 0 Å². The fraction of sp³-hybridized carbons (Fsp3) is 0.412. The molecule has 1 aliphatic rings. The molecule has 0 bridgehead atoms. The van der Waals surface area contributed by atoms with Gasteiger partial charge in [-0.1, -0.05) is 30.3 Å². The van der Waals surface area contributed by atoms with Gasteiger partial charge in [0.1, 0.15) is 12.1 Å². The van der Waals surface area contributed by atoms with Crippen molar-refractivity contribution < 1.29 is 9.84 Å². The molecule has 0 aliphatic heterocycles. The van der Waals surface area contributed by atoms with Crippen LogP contribution in [-0.2, 0) is 11.3 Å². The van der Waals surface area contributed by atoms with Gasteiger partial charge in [-0.25, -0.2) is 9.97 Å². The Kier molecular flexibility index (Phi) is 4.98. The molecule has 2 aromatic rings. The van der Waals surface area contributed by atoms with Gasteiger partial charge < -0.3 is 15.2 Å². The van der Waals surface area contributed by atoms with Gasteiger partial charge in [0.25, 0.3) is 0 Å². The number of hydrogen-bond donors (Lipinski definition) is 2. The third-order valence-electron chi connectivity index (χ3n) is 3.88. The van der Waals surface area contributed by atoms with E-state index in [0.717, 1.165) is 24.4 Å². The summed E-state index contributed by atoms with van der Waals surface area (Å²) in [5.41, 5.74) is 2.18. The number of nitrogens with one attached hydrogen (secondary N) is 1. The second-order valence-corrected chi connectivity index (χ2v) is 5.62. The van der Waals surface area contributed by atoms with Crippen LogP contribution in [-0.4, -0.2) is 34.3 Å². The van der Waals surface area contributed by atoms with Crippen LogP contribution in [0.5, 0.6) is 0 Å². The molecule has 2 N–H and O–H groups in total. The Balaban J connectivity index is 1.39. The molecule has 1 aliphatic carbocycles. The maximum absolute atomic E-state index is 9.37. The summed E-state index contributed by atoms with van der Waals surface area (Å²) < 4.78 is 5.63. The Morgan fingerprint density at radius 3 is 2.77 bits per heavy atom. The minimum absolute atomic E-state index is 0.164. The van der Waals surface area contributed by atoms with Gasteiger partial charge >= 0.3 is 0 Å². The highest BCUT2D eigenvalue weighted by atomic mass is 16.5.